The number of alkyl halides is 1. The molecule has 20 heavy (non-hydrogen) atoms. The predicted octanol–water partition coefficient (Wildman–Crippen LogP) is 3.12. The molecule has 0 N–H and O–H groups in total. The van der Waals surface area contributed by atoms with Crippen molar-refractivity contribution < 1.29 is 4.74 Å². The van der Waals surface area contributed by atoms with Crippen molar-refractivity contribution in [1.29, 1.82) is 0 Å². The predicted molar refractivity (Wildman–Crippen MR) is 81.4 cm³/mol. The van der Waals surface area contributed by atoms with Crippen molar-refractivity contribution in [2.24, 2.45) is 0 Å². The smallest absolute Gasteiger partial charge is 0.261 e. The molecule has 2 rings (SSSR count). The van der Waals surface area contributed by atoms with Crippen LogP contribution in [0.5, 0.6) is 0 Å². The van der Waals surface area contributed by atoms with Crippen molar-refractivity contribution in [2.45, 2.75) is 38.8 Å². The number of ether oxygens (including phenoxy) is 1. The fourth-order valence-corrected chi connectivity index (χ4v) is 2.25. The van der Waals surface area contributed by atoms with Crippen LogP contribution < -0.4 is 5.56 Å². The van der Waals surface area contributed by atoms with E-state index in [-0.39, 0.29) is 17.0 Å². The Bertz CT molecular complexity index is 650. The van der Waals surface area contributed by atoms with E-state index in [4.69, 9.17) is 16.3 Å². The second kappa shape index (κ2) is 6.37. The van der Waals surface area contributed by atoms with Gasteiger partial charge in [-0.2, -0.15) is 0 Å². The molecule has 0 aliphatic rings. The second-order valence-electron chi connectivity index (χ2n) is 4.98. The van der Waals surface area contributed by atoms with Crippen LogP contribution in [0, 0.1) is 0 Å². The number of halogens is 1. The number of hydrogen-bond acceptors (Lipinski definition) is 3. The summed E-state index contributed by atoms with van der Waals surface area (Å²) in [6.45, 7) is 6.67. The maximum Gasteiger partial charge on any atom is 0.261 e. The number of nitrogens with zero attached hydrogens (tertiary/aromatic N) is 2. The first-order valence-electron chi connectivity index (χ1n) is 6.76. The Morgan fingerprint density at radius 1 is 1.30 bits per heavy atom. The lowest BCUT2D eigenvalue weighted by atomic mass is 10.2. The SMILES string of the molecule is CC(C)OCCn1c(C(C)Cl)nc2ccccc2c1=O. The first kappa shape index (κ1) is 15.0. The van der Waals surface area contributed by atoms with Gasteiger partial charge in [0.15, 0.2) is 0 Å². The van der Waals surface area contributed by atoms with Crippen molar-refractivity contribution in [2.75, 3.05) is 6.61 Å². The minimum Gasteiger partial charge on any atom is -0.377 e. The van der Waals surface area contributed by atoms with Gasteiger partial charge < -0.3 is 4.74 Å². The third-order valence-electron chi connectivity index (χ3n) is 3.01. The Kier molecular flexibility index (Phi) is 4.78. The summed E-state index contributed by atoms with van der Waals surface area (Å²) < 4.78 is 7.13. The van der Waals surface area contributed by atoms with Crippen LogP contribution in [0.25, 0.3) is 10.9 Å². The number of hydrogen-bond donors (Lipinski definition) is 0. The van der Waals surface area contributed by atoms with E-state index in [1.165, 1.54) is 0 Å². The van der Waals surface area contributed by atoms with Crippen molar-refractivity contribution in [3.05, 3.63) is 40.4 Å². The summed E-state index contributed by atoms with van der Waals surface area (Å²) in [5, 5.41) is 0.282. The van der Waals surface area contributed by atoms with Gasteiger partial charge in [0.25, 0.3) is 5.56 Å². The minimum atomic E-state index is -0.327. The van der Waals surface area contributed by atoms with Crippen LogP contribution in [-0.2, 0) is 11.3 Å². The molecule has 0 fully saturated rings. The maximum atomic E-state index is 12.5. The molecule has 0 saturated heterocycles. The van der Waals surface area contributed by atoms with Gasteiger partial charge in [-0.1, -0.05) is 12.1 Å². The van der Waals surface area contributed by atoms with Crippen LogP contribution in [0.1, 0.15) is 32.0 Å². The first-order valence-corrected chi connectivity index (χ1v) is 7.19. The van der Waals surface area contributed by atoms with Gasteiger partial charge in [-0.25, -0.2) is 4.98 Å². The van der Waals surface area contributed by atoms with Gasteiger partial charge >= 0.3 is 0 Å². The van der Waals surface area contributed by atoms with E-state index in [9.17, 15) is 4.79 Å². The lowest BCUT2D eigenvalue weighted by molar-refractivity contribution is 0.0717. The number of rotatable bonds is 5. The van der Waals surface area contributed by atoms with Crippen LogP contribution in [0.4, 0.5) is 0 Å². The minimum absolute atomic E-state index is 0.0644. The van der Waals surface area contributed by atoms with Gasteiger partial charge in [0.2, 0.25) is 0 Å². The zero-order chi connectivity index (χ0) is 14.7. The summed E-state index contributed by atoms with van der Waals surface area (Å²) in [4.78, 5) is 17.0. The summed E-state index contributed by atoms with van der Waals surface area (Å²) in [5.74, 6) is 0.586. The van der Waals surface area contributed by atoms with E-state index in [1.54, 1.807) is 10.6 Å². The molecule has 108 valence electrons. The molecule has 1 heterocycles. The molecule has 0 aliphatic carbocycles. The highest BCUT2D eigenvalue weighted by molar-refractivity contribution is 6.20. The van der Waals surface area contributed by atoms with Gasteiger partial charge in [-0.05, 0) is 32.9 Å². The van der Waals surface area contributed by atoms with Gasteiger partial charge in [0.1, 0.15) is 5.82 Å². The van der Waals surface area contributed by atoms with Gasteiger partial charge in [-0.15, -0.1) is 11.6 Å². The van der Waals surface area contributed by atoms with E-state index in [0.29, 0.717) is 29.9 Å². The van der Waals surface area contributed by atoms with Gasteiger partial charge in [0.05, 0.1) is 35.5 Å². The number of benzene rings is 1. The molecule has 2 aromatic rings. The average molecular weight is 295 g/mol. The van der Waals surface area contributed by atoms with Crippen molar-refractivity contribution >= 4 is 22.5 Å². The van der Waals surface area contributed by atoms with Crippen LogP contribution >= 0.6 is 11.6 Å². The summed E-state index contributed by atoms with van der Waals surface area (Å²) in [6.07, 6.45) is 0.135. The molecule has 1 aromatic heterocycles. The van der Waals surface area contributed by atoms with Crippen LogP contribution in [0.3, 0.4) is 0 Å². The molecule has 4 nitrogen and oxygen atoms in total. The highest BCUT2D eigenvalue weighted by Gasteiger charge is 2.14. The lowest BCUT2D eigenvalue weighted by Gasteiger charge is -2.15. The molecule has 0 aliphatic heterocycles. The molecule has 5 heteroatoms. The number of para-hydroxylation sites is 1. The topological polar surface area (TPSA) is 44.1 Å². The second-order valence-corrected chi connectivity index (χ2v) is 5.63. The normalized spacial score (nSPS) is 13.1. The fourth-order valence-electron chi connectivity index (χ4n) is 2.08. The Balaban J connectivity index is 2.47. The summed E-state index contributed by atoms with van der Waals surface area (Å²) in [5.41, 5.74) is 0.617. The van der Waals surface area contributed by atoms with E-state index in [1.807, 2.05) is 39.0 Å². The molecule has 1 unspecified atom stereocenters. The largest absolute Gasteiger partial charge is 0.377 e. The molecule has 1 aromatic carbocycles. The molecule has 0 radical (unpaired) electrons. The van der Waals surface area contributed by atoms with Crippen LogP contribution in [0.2, 0.25) is 0 Å². The molecule has 0 saturated carbocycles. The highest BCUT2D eigenvalue weighted by atomic mass is 35.5. The van der Waals surface area contributed by atoms with E-state index in [0.717, 1.165) is 0 Å². The number of aromatic nitrogens is 2. The number of fused-ring (bicyclic) bond motifs is 1. The summed E-state index contributed by atoms with van der Waals surface area (Å²) in [6, 6.07) is 7.31. The molecule has 0 spiro atoms. The monoisotopic (exact) mass is 294 g/mol. The van der Waals surface area contributed by atoms with Crippen molar-refractivity contribution in [1.82, 2.24) is 9.55 Å². The Labute approximate surface area is 123 Å². The average Bonchev–Trinajstić information content (AvgIpc) is 2.40. The van der Waals surface area contributed by atoms with E-state index < -0.39 is 0 Å². The molecule has 0 bridgehead atoms. The van der Waals surface area contributed by atoms with Crippen LogP contribution in [0.15, 0.2) is 29.1 Å². The highest BCUT2D eigenvalue weighted by Crippen LogP contribution is 2.18. The quantitative estimate of drug-likeness (QED) is 0.796. The van der Waals surface area contributed by atoms with E-state index in [2.05, 4.69) is 4.98 Å². The van der Waals surface area contributed by atoms with Crippen molar-refractivity contribution in [3.8, 4) is 0 Å². The van der Waals surface area contributed by atoms with Gasteiger partial charge in [-0.3, -0.25) is 9.36 Å². The Hall–Kier alpha value is -1.39. The van der Waals surface area contributed by atoms with E-state index >= 15 is 0 Å². The standard InChI is InChI=1S/C15H19ClN2O2/c1-10(2)20-9-8-18-14(11(3)16)17-13-7-5-4-6-12(13)15(18)19/h4-7,10-11H,8-9H2,1-3H3. The molecule has 1 atom stereocenters. The first-order chi connectivity index (χ1) is 9.50. The molecular formula is C15H19ClN2O2. The van der Waals surface area contributed by atoms with Crippen molar-refractivity contribution in [3.63, 3.8) is 0 Å². The Morgan fingerprint density at radius 3 is 2.65 bits per heavy atom. The third-order valence-corrected chi connectivity index (χ3v) is 3.21. The zero-order valence-electron chi connectivity index (χ0n) is 12.0. The van der Waals surface area contributed by atoms with Gasteiger partial charge in [0, 0.05) is 0 Å². The summed E-state index contributed by atoms with van der Waals surface area (Å²) >= 11 is 6.16. The Morgan fingerprint density at radius 2 is 2.00 bits per heavy atom. The maximum absolute atomic E-state index is 12.5. The molecule has 0 amide bonds. The lowest BCUT2D eigenvalue weighted by Crippen LogP contribution is -2.28. The zero-order valence-corrected chi connectivity index (χ0v) is 12.7. The fraction of sp³-hybridized carbons (Fsp3) is 0.467. The molecular weight excluding hydrogens is 276 g/mol. The third kappa shape index (κ3) is 3.19. The summed E-state index contributed by atoms with van der Waals surface area (Å²) in [7, 11) is 0. The van der Waals surface area contributed by atoms with Crippen LogP contribution in [-0.4, -0.2) is 22.3 Å².